The topological polar surface area (TPSA) is 15.3 Å². The van der Waals surface area contributed by atoms with Gasteiger partial charge in [-0.05, 0) is 60.5 Å². The van der Waals surface area contributed by atoms with Crippen LogP contribution in [0.1, 0.15) is 54.4 Å². The van der Waals surface area contributed by atoms with Gasteiger partial charge in [-0.2, -0.15) is 0 Å². The third-order valence-corrected chi connectivity index (χ3v) is 3.02. The van der Waals surface area contributed by atoms with E-state index >= 15 is 0 Å². The fourth-order valence-corrected chi connectivity index (χ4v) is 1.87. The summed E-state index contributed by atoms with van der Waals surface area (Å²) in [4.78, 5) is 2.55. The number of nitrogens with one attached hydrogen (secondary N) is 1. The second kappa shape index (κ2) is 8.12. The van der Waals surface area contributed by atoms with Crippen molar-refractivity contribution in [2.45, 2.75) is 72.5 Å². The van der Waals surface area contributed by atoms with Gasteiger partial charge in [0.1, 0.15) is 0 Å². The number of hydrogen-bond donors (Lipinski definition) is 1. The molecule has 0 fully saturated rings. The molecule has 0 radical (unpaired) electrons. The Morgan fingerprint density at radius 2 is 1.53 bits per heavy atom. The summed E-state index contributed by atoms with van der Waals surface area (Å²) in [5.74, 6) is 0. The molecule has 2 nitrogen and oxygen atoms in total. The zero-order valence-electron chi connectivity index (χ0n) is 11.5. The minimum atomic E-state index is 0.661. The van der Waals surface area contributed by atoms with E-state index in [2.05, 4.69) is 51.8 Å². The standard InChI is InChI=1S/C13H30N2/c1-7-13(6)14-9-8-10-15(11(2)3)12(4)5/h11-14H,7-10H2,1-6H3. The zero-order valence-corrected chi connectivity index (χ0v) is 11.5. The first-order chi connectivity index (χ1) is 6.99. The zero-order chi connectivity index (χ0) is 11.8. The van der Waals surface area contributed by atoms with Gasteiger partial charge in [0.05, 0.1) is 0 Å². The SMILES string of the molecule is CCC(C)NCCCN(C(C)C)C(C)C. The molecule has 92 valence electrons. The Hall–Kier alpha value is -0.0800. The highest BCUT2D eigenvalue weighted by molar-refractivity contribution is 4.68. The lowest BCUT2D eigenvalue weighted by Gasteiger charge is -2.30. The first kappa shape index (κ1) is 14.9. The van der Waals surface area contributed by atoms with E-state index in [1.807, 2.05) is 0 Å². The van der Waals surface area contributed by atoms with Crippen LogP contribution in [0.25, 0.3) is 0 Å². The third-order valence-electron chi connectivity index (χ3n) is 3.02. The second-order valence-electron chi connectivity index (χ2n) is 5.04. The van der Waals surface area contributed by atoms with Crippen LogP contribution in [0.3, 0.4) is 0 Å². The first-order valence-corrected chi connectivity index (χ1v) is 6.48. The molecule has 0 spiro atoms. The minimum Gasteiger partial charge on any atom is -0.314 e. The number of hydrogen-bond acceptors (Lipinski definition) is 2. The minimum absolute atomic E-state index is 0.661. The summed E-state index contributed by atoms with van der Waals surface area (Å²) < 4.78 is 0. The van der Waals surface area contributed by atoms with Crippen molar-refractivity contribution in [1.29, 1.82) is 0 Å². The van der Waals surface area contributed by atoms with Crippen LogP contribution in [0.4, 0.5) is 0 Å². The van der Waals surface area contributed by atoms with Crippen molar-refractivity contribution in [3.8, 4) is 0 Å². The molecule has 1 atom stereocenters. The third kappa shape index (κ3) is 6.91. The van der Waals surface area contributed by atoms with E-state index in [-0.39, 0.29) is 0 Å². The monoisotopic (exact) mass is 214 g/mol. The fraction of sp³-hybridized carbons (Fsp3) is 1.00. The average Bonchev–Trinajstić information content (AvgIpc) is 2.15. The summed E-state index contributed by atoms with van der Waals surface area (Å²) in [6.07, 6.45) is 2.47. The van der Waals surface area contributed by atoms with Crippen molar-refractivity contribution >= 4 is 0 Å². The van der Waals surface area contributed by atoms with E-state index in [4.69, 9.17) is 0 Å². The van der Waals surface area contributed by atoms with Gasteiger partial charge in [-0.15, -0.1) is 0 Å². The second-order valence-corrected chi connectivity index (χ2v) is 5.04. The van der Waals surface area contributed by atoms with Gasteiger partial charge in [-0.25, -0.2) is 0 Å². The Labute approximate surface area is 96.4 Å². The van der Waals surface area contributed by atoms with Crippen molar-refractivity contribution in [3.63, 3.8) is 0 Å². The van der Waals surface area contributed by atoms with Crippen LogP contribution in [0.2, 0.25) is 0 Å². The van der Waals surface area contributed by atoms with Crippen LogP contribution in [0.15, 0.2) is 0 Å². The molecule has 0 aliphatic carbocycles. The Balaban J connectivity index is 3.63. The van der Waals surface area contributed by atoms with Gasteiger partial charge in [0.15, 0.2) is 0 Å². The summed E-state index contributed by atoms with van der Waals surface area (Å²) in [6, 6.07) is 1.98. The molecule has 15 heavy (non-hydrogen) atoms. The van der Waals surface area contributed by atoms with Crippen LogP contribution in [-0.2, 0) is 0 Å². The smallest absolute Gasteiger partial charge is 0.00413 e. The Morgan fingerprint density at radius 1 is 1.00 bits per heavy atom. The number of nitrogens with zero attached hydrogens (tertiary/aromatic N) is 1. The molecule has 0 bridgehead atoms. The highest BCUT2D eigenvalue weighted by Gasteiger charge is 2.12. The van der Waals surface area contributed by atoms with Gasteiger partial charge in [0, 0.05) is 18.1 Å². The van der Waals surface area contributed by atoms with Crippen molar-refractivity contribution in [2.24, 2.45) is 0 Å². The molecule has 1 N–H and O–H groups in total. The van der Waals surface area contributed by atoms with E-state index in [1.54, 1.807) is 0 Å². The van der Waals surface area contributed by atoms with Gasteiger partial charge in [-0.1, -0.05) is 6.92 Å². The molecule has 0 aromatic heterocycles. The van der Waals surface area contributed by atoms with E-state index in [1.165, 1.54) is 19.4 Å². The van der Waals surface area contributed by atoms with E-state index in [0.29, 0.717) is 18.1 Å². The molecule has 0 aliphatic heterocycles. The maximum atomic E-state index is 3.54. The normalized spacial score (nSPS) is 14.2. The highest BCUT2D eigenvalue weighted by atomic mass is 15.2. The van der Waals surface area contributed by atoms with Crippen molar-refractivity contribution in [3.05, 3.63) is 0 Å². The van der Waals surface area contributed by atoms with Crippen LogP contribution in [0.5, 0.6) is 0 Å². The summed E-state index contributed by atoms with van der Waals surface area (Å²) in [5.41, 5.74) is 0. The summed E-state index contributed by atoms with van der Waals surface area (Å²) in [6.45, 7) is 16.0. The lowest BCUT2D eigenvalue weighted by Crippen LogP contribution is -2.39. The molecule has 0 aromatic rings. The molecule has 0 amide bonds. The van der Waals surface area contributed by atoms with E-state index in [9.17, 15) is 0 Å². The molecular formula is C13H30N2. The molecule has 0 heterocycles. The van der Waals surface area contributed by atoms with Crippen LogP contribution >= 0.6 is 0 Å². The predicted molar refractivity (Wildman–Crippen MR) is 69.4 cm³/mol. The van der Waals surface area contributed by atoms with Crippen molar-refractivity contribution < 1.29 is 0 Å². The summed E-state index contributed by atoms with van der Waals surface area (Å²) in [7, 11) is 0. The Bertz CT molecular complexity index is 135. The quantitative estimate of drug-likeness (QED) is 0.625. The fourth-order valence-electron chi connectivity index (χ4n) is 1.87. The predicted octanol–water partition coefficient (Wildman–Crippen LogP) is 2.88. The Morgan fingerprint density at radius 3 is 1.93 bits per heavy atom. The molecule has 0 rings (SSSR count). The van der Waals surface area contributed by atoms with Crippen LogP contribution < -0.4 is 5.32 Å². The van der Waals surface area contributed by atoms with Crippen molar-refractivity contribution in [1.82, 2.24) is 10.2 Å². The van der Waals surface area contributed by atoms with Gasteiger partial charge < -0.3 is 5.32 Å². The number of rotatable bonds is 8. The molecule has 1 unspecified atom stereocenters. The van der Waals surface area contributed by atoms with Gasteiger partial charge in [0.2, 0.25) is 0 Å². The molecule has 0 saturated heterocycles. The average molecular weight is 214 g/mol. The lowest BCUT2D eigenvalue weighted by molar-refractivity contribution is 0.172. The molecule has 0 aliphatic rings. The molecular weight excluding hydrogens is 184 g/mol. The molecule has 0 saturated carbocycles. The van der Waals surface area contributed by atoms with Gasteiger partial charge >= 0.3 is 0 Å². The summed E-state index contributed by atoms with van der Waals surface area (Å²) in [5, 5.41) is 3.54. The lowest BCUT2D eigenvalue weighted by atomic mass is 10.2. The van der Waals surface area contributed by atoms with Crippen LogP contribution in [0, 0.1) is 0 Å². The van der Waals surface area contributed by atoms with E-state index < -0.39 is 0 Å². The maximum absolute atomic E-state index is 3.54. The Kier molecular flexibility index (Phi) is 8.07. The van der Waals surface area contributed by atoms with E-state index in [0.717, 1.165) is 6.54 Å². The van der Waals surface area contributed by atoms with Gasteiger partial charge in [0.25, 0.3) is 0 Å². The molecule has 0 aromatic carbocycles. The van der Waals surface area contributed by atoms with Crippen LogP contribution in [-0.4, -0.2) is 36.1 Å². The molecule has 2 heteroatoms. The highest BCUT2D eigenvalue weighted by Crippen LogP contribution is 2.05. The summed E-state index contributed by atoms with van der Waals surface area (Å²) >= 11 is 0. The van der Waals surface area contributed by atoms with Gasteiger partial charge in [-0.3, -0.25) is 4.90 Å². The maximum Gasteiger partial charge on any atom is 0.00413 e. The largest absolute Gasteiger partial charge is 0.314 e. The first-order valence-electron chi connectivity index (χ1n) is 6.48. The van der Waals surface area contributed by atoms with Crippen molar-refractivity contribution in [2.75, 3.05) is 13.1 Å².